The lowest BCUT2D eigenvalue weighted by atomic mass is 10.2. The SMILES string of the molecule is N#CCC/C=C/c1ccc(O)cc1. The Morgan fingerprint density at radius 3 is 2.62 bits per heavy atom. The zero-order valence-corrected chi connectivity index (χ0v) is 7.27. The van der Waals surface area contributed by atoms with Gasteiger partial charge in [0.1, 0.15) is 5.75 Å². The highest BCUT2D eigenvalue weighted by atomic mass is 16.3. The summed E-state index contributed by atoms with van der Waals surface area (Å²) in [6, 6.07) is 9.02. The summed E-state index contributed by atoms with van der Waals surface area (Å²) < 4.78 is 0. The molecule has 0 bridgehead atoms. The van der Waals surface area contributed by atoms with Crippen LogP contribution in [0.3, 0.4) is 0 Å². The fraction of sp³-hybridized carbons (Fsp3) is 0.182. The molecule has 0 heterocycles. The Kier molecular flexibility index (Phi) is 3.59. The van der Waals surface area contributed by atoms with Crippen LogP contribution in [0.15, 0.2) is 30.3 Å². The molecule has 0 unspecified atom stereocenters. The highest BCUT2D eigenvalue weighted by molar-refractivity contribution is 5.50. The highest BCUT2D eigenvalue weighted by Gasteiger charge is 1.86. The maximum atomic E-state index is 9.00. The van der Waals surface area contributed by atoms with Crippen molar-refractivity contribution in [3.8, 4) is 11.8 Å². The molecule has 1 aromatic carbocycles. The lowest BCUT2D eigenvalue weighted by Crippen LogP contribution is -1.70. The van der Waals surface area contributed by atoms with Crippen molar-refractivity contribution in [2.45, 2.75) is 12.8 Å². The molecular weight excluding hydrogens is 162 g/mol. The van der Waals surface area contributed by atoms with Crippen LogP contribution < -0.4 is 0 Å². The van der Waals surface area contributed by atoms with Gasteiger partial charge in [0.2, 0.25) is 0 Å². The van der Waals surface area contributed by atoms with Gasteiger partial charge < -0.3 is 5.11 Å². The molecule has 0 fully saturated rings. The standard InChI is InChI=1S/C11H11NO/c12-9-3-1-2-4-10-5-7-11(13)8-6-10/h2,4-8,13H,1,3H2/b4-2+. The topological polar surface area (TPSA) is 44.0 Å². The van der Waals surface area contributed by atoms with E-state index in [4.69, 9.17) is 10.4 Å². The van der Waals surface area contributed by atoms with Crippen LogP contribution in [0.4, 0.5) is 0 Å². The van der Waals surface area contributed by atoms with Crippen LogP contribution in [0.25, 0.3) is 6.08 Å². The molecule has 0 amide bonds. The third kappa shape index (κ3) is 3.44. The Morgan fingerprint density at radius 1 is 1.31 bits per heavy atom. The predicted octanol–water partition coefficient (Wildman–Crippen LogP) is 2.71. The first-order valence-corrected chi connectivity index (χ1v) is 4.15. The molecule has 0 radical (unpaired) electrons. The van der Waals surface area contributed by atoms with E-state index in [2.05, 4.69) is 6.07 Å². The lowest BCUT2D eigenvalue weighted by molar-refractivity contribution is 0.475. The number of hydrogen-bond acceptors (Lipinski definition) is 2. The molecule has 1 aromatic rings. The number of aromatic hydroxyl groups is 1. The fourth-order valence-electron chi connectivity index (χ4n) is 0.953. The lowest BCUT2D eigenvalue weighted by Gasteiger charge is -1.92. The van der Waals surface area contributed by atoms with E-state index < -0.39 is 0 Å². The number of benzene rings is 1. The summed E-state index contributed by atoms with van der Waals surface area (Å²) in [6.07, 6.45) is 5.22. The van der Waals surface area contributed by atoms with Crippen molar-refractivity contribution >= 4 is 6.08 Å². The first kappa shape index (κ1) is 9.34. The predicted molar refractivity (Wildman–Crippen MR) is 52.0 cm³/mol. The molecule has 0 aliphatic heterocycles. The molecule has 1 rings (SSSR count). The van der Waals surface area contributed by atoms with Gasteiger partial charge in [-0.05, 0) is 24.1 Å². The van der Waals surface area contributed by atoms with E-state index >= 15 is 0 Å². The van der Waals surface area contributed by atoms with Crippen LogP contribution in [0, 0.1) is 11.3 Å². The maximum Gasteiger partial charge on any atom is 0.115 e. The number of allylic oxidation sites excluding steroid dienone is 1. The first-order valence-electron chi connectivity index (χ1n) is 4.15. The van der Waals surface area contributed by atoms with Gasteiger partial charge in [-0.15, -0.1) is 0 Å². The monoisotopic (exact) mass is 173 g/mol. The van der Waals surface area contributed by atoms with Gasteiger partial charge in [0.25, 0.3) is 0 Å². The smallest absolute Gasteiger partial charge is 0.115 e. The van der Waals surface area contributed by atoms with E-state index in [-0.39, 0.29) is 5.75 Å². The molecule has 13 heavy (non-hydrogen) atoms. The van der Waals surface area contributed by atoms with E-state index in [1.165, 1.54) is 0 Å². The van der Waals surface area contributed by atoms with Gasteiger partial charge in [-0.25, -0.2) is 0 Å². The number of hydrogen-bond donors (Lipinski definition) is 1. The van der Waals surface area contributed by atoms with Crippen LogP contribution in [-0.4, -0.2) is 5.11 Å². The summed E-state index contributed by atoms with van der Waals surface area (Å²) in [7, 11) is 0. The normalized spacial score (nSPS) is 10.1. The minimum absolute atomic E-state index is 0.272. The van der Waals surface area contributed by atoms with Gasteiger partial charge in [-0.3, -0.25) is 0 Å². The molecule has 1 N–H and O–H groups in total. The molecule has 2 heteroatoms. The Hall–Kier alpha value is -1.75. The van der Waals surface area contributed by atoms with Crippen LogP contribution in [-0.2, 0) is 0 Å². The molecule has 0 saturated carbocycles. The summed E-state index contributed by atoms with van der Waals surface area (Å²) >= 11 is 0. The number of unbranched alkanes of at least 4 members (excludes halogenated alkanes) is 1. The third-order valence-electron chi connectivity index (χ3n) is 1.63. The quantitative estimate of drug-likeness (QED) is 0.714. The van der Waals surface area contributed by atoms with Crippen molar-refractivity contribution in [3.05, 3.63) is 35.9 Å². The zero-order chi connectivity index (χ0) is 9.52. The second-order valence-corrected chi connectivity index (χ2v) is 2.69. The molecule has 0 aliphatic carbocycles. The zero-order valence-electron chi connectivity index (χ0n) is 7.27. The van der Waals surface area contributed by atoms with Crippen LogP contribution in [0.2, 0.25) is 0 Å². The van der Waals surface area contributed by atoms with E-state index in [1.54, 1.807) is 12.1 Å². The fourth-order valence-corrected chi connectivity index (χ4v) is 0.953. The number of phenols is 1. The summed E-state index contributed by atoms with van der Waals surface area (Å²) in [5.74, 6) is 0.272. The Morgan fingerprint density at radius 2 is 2.00 bits per heavy atom. The molecule has 66 valence electrons. The van der Waals surface area contributed by atoms with Crippen molar-refractivity contribution in [1.82, 2.24) is 0 Å². The Labute approximate surface area is 77.8 Å². The van der Waals surface area contributed by atoms with Gasteiger partial charge >= 0.3 is 0 Å². The van der Waals surface area contributed by atoms with Gasteiger partial charge in [0, 0.05) is 6.42 Å². The average molecular weight is 173 g/mol. The molecule has 0 saturated heterocycles. The van der Waals surface area contributed by atoms with Gasteiger partial charge in [-0.1, -0.05) is 24.3 Å². The second kappa shape index (κ2) is 5.00. The largest absolute Gasteiger partial charge is 0.508 e. The first-order chi connectivity index (χ1) is 6.33. The van der Waals surface area contributed by atoms with E-state index in [0.29, 0.717) is 6.42 Å². The molecule has 2 nitrogen and oxygen atoms in total. The molecule has 0 spiro atoms. The number of nitrogens with zero attached hydrogens (tertiary/aromatic N) is 1. The molecule has 0 aliphatic rings. The third-order valence-corrected chi connectivity index (χ3v) is 1.63. The van der Waals surface area contributed by atoms with Crippen LogP contribution in [0.1, 0.15) is 18.4 Å². The average Bonchev–Trinajstić information content (AvgIpc) is 2.15. The molecular formula is C11H11NO. The maximum absolute atomic E-state index is 9.00. The molecule has 0 atom stereocenters. The summed E-state index contributed by atoms with van der Waals surface area (Å²) in [5.41, 5.74) is 1.04. The van der Waals surface area contributed by atoms with Crippen molar-refractivity contribution in [3.63, 3.8) is 0 Å². The second-order valence-electron chi connectivity index (χ2n) is 2.69. The van der Waals surface area contributed by atoms with Gasteiger partial charge in [0.15, 0.2) is 0 Å². The van der Waals surface area contributed by atoms with Crippen LogP contribution in [0.5, 0.6) is 5.75 Å². The number of rotatable bonds is 3. The summed E-state index contributed by atoms with van der Waals surface area (Å²) in [4.78, 5) is 0. The van der Waals surface area contributed by atoms with Crippen molar-refractivity contribution in [1.29, 1.82) is 5.26 Å². The minimum atomic E-state index is 0.272. The van der Waals surface area contributed by atoms with Crippen molar-refractivity contribution < 1.29 is 5.11 Å². The number of phenolic OH excluding ortho intramolecular Hbond substituents is 1. The minimum Gasteiger partial charge on any atom is -0.508 e. The molecule has 0 aromatic heterocycles. The summed E-state index contributed by atoms with van der Waals surface area (Å²) in [6.45, 7) is 0. The van der Waals surface area contributed by atoms with Crippen molar-refractivity contribution in [2.24, 2.45) is 0 Å². The van der Waals surface area contributed by atoms with E-state index in [9.17, 15) is 0 Å². The van der Waals surface area contributed by atoms with Crippen LogP contribution >= 0.6 is 0 Å². The van der Waals surface area contributed by atoms with E-state index in [0.717, 1.165) is 12.0 Å². The van der Waals surface area contributed by atoms with Gasteiger partial charge in [-0.2, -0.15) is 5.26 Å². The Balaban J connectivity index is 2.50. The highest BCUT2D eigenvalue weighted by Crippen LogP contribution is 2.10. The Bertz CT molecular complexity index is 319. The summed E-state index contributed by atoms with van der Waals surface area (Å²) in [5, 5.41) is 17.3. The van der Waals surface area contributed by atoms with Gasteiger partial charge in [0.05, 0.1) is 6.07 Å². The number of nitriles is 1. The van der Waals surface area contributed by atoms with E-state index in [1.807, 2.05) is 24.3 Å². The van der Waals surface area contributed by atoms with Crippen molar-refractivity contribution in [2.75, 3.05) is 0 Å².